The monoisotopic (exact) mass is 317 g/mol. The van der Waals surface area contributed by atoms with Gasteiger partial charge in [0.25, 0.3) is 0 Å². The molecule has 0 saturated carbocycles. The molecule has 1 aromatic rings. The molecule has 18 heavy (non-hydrogen) atoms. The van der Waals surface area contributed by atoms with Crippen LogP contribution in [0, 0.1) is 0 Å². The lowest BCUT2D eigenvalue weighted by Gasteiger charge is -2.12. The third-order valence-corrected chi connectivity index (χ3v) is 3.01. The average molecular weight is 318 g/mol. The van der Waals surface area contributed by atoms with Crippen LogP contribution in [0.25, 0.3) is 0 Å². The molecule has 0 heterocycles. The zero-order chi connectivity index (χ0) is 13.4. The van der Waals surface area contributed by atoms with E-state index in [-0.39, 0.29) is 13.2 Å². The molecule has 0 bridgehead atoms. The molecule has 1 unspecified atom stereocenters. The Morgan fingerprint density at radius 2 is 2.22 bits per heavy atom. The van der Waals surface area contributed by atoms with Gasteiger partial charge in [-0.2, -0.15) is 0 Å². The molecular formula is C13H20BrNO3. The van der Waals surface area contributed by atoms with Gasteiger partial charge in [0.15, 0.2) is 0 Å². The van der Waals surface area contributed by atoms with Gasteiger partial charge in [-0.25, -0.2) is 0 Å². The molecule has 1 atom stereocenters. The Morgan fingerprint density at radius 1 is 1.44 bits per heavy atom. The van der Waals surface area contributed by atoms with Crippen LogP contribution < -0.4 is 10.1 Å². The molecule has 1 rings (SSSR count). The number of halogens is 1. The normalized spacial score (nSPS) is 12.4. The number of hydrogen-bond donors (Lipinski definition) is 3. The molecule has 0 radical (unpaired) electrons. The van der Waals surface area contributed by atoms with Gasteiger partial charge in [-0.1, -0.05) is 13.0 Å². The van der Waals surface area contributed by atoms with E-state index in [1.165, 1.54) is 5.56 Å². The van der Waals surface area contributed by atoms with Crippen molar-refractivity contribution in [3.05, 3.63) is 28.2 Å². The third-order valence-electron chi connectivity index (χ3n) is 2.39. The fourth-order valence-electron chi connectivity index (χ4n) is 1.42. The fourth-order valence-corrected chi connectivity index (χ4v) is 1.96. The van der Waals surface area contributed by atoms with E-state index in [9.17, 15) is 5.11 Å². The fraction of sp³-hybridized carbons (Fsp3) is 0.538. The lowest BCUT2D eigenvalue weighted by atomic mass is 10.2. The van der Waals surface area contributed by atoms with Crippen molar-refractivity contribution >= 4 is 15.9 Å². The van der Waals surface area contributed by atoms with Gasteiger partial charge in [0.2, 0.25) is 0 Å². The number of hydrogen-bond acceptors (Lipinski definition) is 4. The van der Waals surface area contributed by atoms with Crippen molar-refractivity contribution in [3.8, 4) is 5.75 Å². The Balaban J connectivity index is 2.51. The van der Waals surface area contributed by atoms with E-state index in [4.69, 9.17) is 9.84 Å². The summed E-state index contributed by atoms with van der Waals surface area (Å²) in [5.41, 5.74) is 1.17. The molecule has 0 aliphatic heterocycles. The maximum absolute atomic E-state index is 9.21. The van der Waals surface area contributed by atoms with Crippen LogP contribution in [-0.4, -0.2) is 36.1 Å². The average Bonchev–Trinajstić information content (AvgIpc) is 2.37. The maximum Gasteiger partial charge on any atom is 0.133 e. The van der Waals surface area contributed by atoms with E-state index in [1.54, 1.807) is 0 Å². The minimum atomic E-state index is -0.845. The lowest BCUT2D eigenvalue weighted by molar-refractivity contribution is 0.0533. The van der Waals surface area contributed by atoms with E-state index >= 15 is 0 Å². The number of benzene rings is 1. The molecule has 1 aromatic carbocycles. The summed E-state index contributed by atoms with van der Waals surface area (Å²) in [5.74, 6) is 0.668. The summed E-state index contributed by atoms with van der Waals surface area (Å²) in [4.78, 5) is 0. The number of nitrogens with one attached hydrogen (secondary N) is 1. The van der Waals surface area contributed by atoms with Crippen LogP contribution >= 0.6 is 15.9 Å². The molecular weight excluding hydrogens is 298 g/mol. The minimum Gasteiger partial charge on any atom is -0.490 e. The first kappa shape index (κ1) is 15.4. The van der Waals surface area contributed by atoms with Gasteiger partial charge in [0.05, 0.1) is 11.1 Å². The second-order valence-electron chi connectivity index (χ2n) is 4.09. The first-order chi connectivity index (χ1) is 8.67. The third kappa shape index (κ3) is 5.35. The maximum atomic E-state index is 9.21. The molecule has 0 aromatic heterocycles. The van der Waals surface area contributed by atoms with E-state index in [0.717, 1.165) is 24.0 Å². The zero-order valence-electron chi connectivity index (χ0n) is 10.5. The highest BCUT2D eigenvalue weighted by Crippen LogP contribution is 2.26. The summed E-state index contributed by atoms with van der Waals surface area (Å²) in [6.45, 7) is 3.75. The van der Waals surface area contributed by atoms with E-state index in [0.29, 0.717) is 5.75 Å². The zero-order valence-corrected chi connectivity index (χ0v) is 12.1. The summed E-state index contributed by atoms with van der Waals surface area (Å²) < 4.78 is 6.24. The molecule has 5 heteroatoms. The van der Waals surface area contributed by atoms with Crippen molar-refractivity contribution in [2.45, 2.75) is 26.0 Å². The van der Waals surface area contributed by atoms with Crippen LogP contribution in [0.4, 0.5) is 0 Å². The number of aliphatic hydroxyl groups is 2. The highest BCUT2D eigenvalue weighted by Gasteiger charge is 2.06. The van der Waals surface area contributed by atoms with Crippen LogP contribution in [0.2, 0.25) is 0 Å². The highest BCUT2D eigenvalue weighted by atomic mass is 79.9. The number of ether oxygens (including phenoxy) is 1. The Labute approximate surface area is 116 Å². The van der Waals surface area contributed by atoms with Crippen LogP contribution in [0.5, 0.6) is 5.75 Å². The first-order valence-electron chi connectivity index (χ1n) is 6.08. The van der Waals surface area contributed by atoms with Gasteiger partial charge >= 0.3 is 0 Å². The van der Waals surface area contributed by atoms with Gasteiger partial charge in [0.1, 0.15) is 18.5 Å². The Bertz CT molecular complexity index is 360. The van der Waals surface area contributed by atoms with E-state index < -0.39 is 6.10 Å². The molecule has 102 valence electrons. The predicted octanol–water partition coefficient (Wildman–Crippen LogP) is 1.68. The van der Waals surface area contributed by atoms with Gasteiger partial charge < -0.3 is 20.3 Å². The van der Waals surface area contributed by atoms with Crippen molar-refractivity contribution < 1.29 is 14.9 Å². The minimum absolute atomic E-state index is 0.0858. The molecule has 3 N–H and O–H groups in total. The standard InChI is InChI=1S/C13H20BrNO3/c1-2-5-15-7-10-3-4-13(12(14)6-10)18-9-11(17)8-16/h3-4,6,11,15-17H,2,5,7-9H2,1H3. The van der Waals surface area contributed by atoms with Crippen LogP contribution in [0.15, 0.2) is 22.7 Å². The summed E-state index contributed by atoms with van der Waals surface area (Å²) >= 11 is 3.43. The quantitative estimate of drug-likeness (QED) is 0.638. The Morgan fingerprint density at radius 3 is 2.83 bits per heavy atom. The van der Waals surface area contributed by atoms with Crippen molar-refractivity contribution in [3.63, 3.8) is 0 Å². The Kier molecular flexibility index (Phi) is 7.27. The summed E-state index contributed by atoms with van der Waals surface area (Å²) in [6, 6.07) is 5.83. The SMILES string of the molecule is CCCNCc1ccc(OCC(O)CO)c(Br)c1. The van der Waals surface area contributed by atoms with E-state index in [2.05, 4.69) is 28.2 Å². The number of aliphatic hydroxyl groups excluding tert-OH is 2. The molecule has 0 saturated heterocycles. The molecule has 0 aliphatic carbocycles. The van der Waals surface area contributed by atoms with Crippen LogP contribution in [0.3, 0.4) is 0 Å². The second-order valence-corrected chi connectivity index (χ2v) is 4.94. The van der Waals surface area contributed by atoms with Crippen molar-refractivity contribution in [1.82, 2.24) is 5.32 Å². The van der Waals surface area contributed by atoms with Crippen LogP contribution in [-0.2, 0) is 6.54 Å². The Hall–Kier alpha value is -0.620. The molecule has 0 aliphatic rings. The van der Waals surface area contributed by atoms with Gasteiger partial charge in [-0.15, -0.1) is 0 Å². The van der Waals surface area contributed by atoms with Crippen molar-refractivity contribution in [2.24, 2.45) is 0 Å². The smallest absolute Gasteiger partial charge is 0.133 e. The van der Waals surface area contributed by atoms with Gasteiger partial charge in [-0.05, 0) is 46.6 Å². The van der Waals surface area contributed by atoms with Gasteiger partial charge in [-0.3, -0.25) is 0 Å². The largest absolute Gasteiger partial charge is 0.490 e. The van der Waals surface area contributed by atoms with Crippen molar-refractivity contribution in [1.29, 1.82) is 0 Å². The van der Waals surface area contributed by atoms with Crippen LogP contribution in [0.1, 0.15) is 18.9 Å². The number of rotatable bonds is 8. The predicted molar refractivity (Wildman–Crippen MR) is 74.7 cm³/mol. The van der Waals surface area contributed by atoms with Gasteiger partial charge in [0, 0.05) is 6.54 Å². The van der Waals surface area contributed by atoms with Crippen molar-refractivity contribution in [2.75, 3.05) is 19.8 Å². The topological polar surface area (TPSA) is 61.7 Å². The second kappa shape index (κ2) is 8.48. The molecule has 0 fully saturated rings. The molecule has 4 nitrogen and oxygen atoms in total. The highest BCUT2D eigenvalue weighted by molar-refractivity contribution is 9.10. The summed E-state index contributed by atoms with van der Waals surface area (Å²) in [6.07, 6.45) is 0.268. The molecule has 0 amide bonds. The molecule has 0 spiro atoms. The summed E-state index contributed by atoms with van der Waals surface area (Å²) in [5, 5.41) is 21.2. The summed E-state index contributed by atoms with van der Waals surface area (Å²) in [7, 11) is 0. The van der Waals surface area contributed by atoms with E-state index in [1.807, 2.05) is 18.2 Å². The lowest BCUT2D eigenvalue weighted by Crippen LogP contribution is -2.21. The first-order valence-corrected chi connectivity index (χ1v) is 6.87.